The highest BCUT2D eigenvalue weighted by molar-refractivity contribution is 9.09. The molecule has 1 heterocycles. The van der Waals surface area contributed by atoms with Crippen LogP contribution in [-0.2, 0) is 0 Å². The van der Waals surface area contributed by atoms with E-state index in [0.29, 0.717) is 13.1 Å². The molecule has 1 amide bonds. The van der Waals surface area contributed by atoms with Gasteiger partial charge in [0.05, 0.1) is 11.1 Å². The van der Waals surface area contributed by atoms with Crippen molar-refractivity contribution in [2.45, 2.75) is 6.92 Å². The predicted octanol–water partition coefficient (Wildman–Crippen LogP) is 3.09. The van der Waals surface area contributed by atoms with Gasteiger partial charge in [-0.1, -0.05) is 34.1 Å². The van der Waals surface area contributed by atoms with Gasteiger partial charge >= 0.3 is 0 Å². The van der Waals surface area contributed by atoms with Crippen molar-refractivity contribution in [2.75, 3.05) is 18.4 Å². The average Bonchev–Trinajstić information content (AvgIpc) is 2.43. The smallest absolute Gasteiger partial charge is 0.254 e. The summed E-state index contributed by atoms with van der Waals surface area (Å²) in [6.07, 6.45) is 1.69. The molecule has 3 nitrogen and oxygen atoms in total. The van der Waals surface area contributed by atoms with Crippen LogP contribution < -0.4 is 0 Å². The Kier molecular flexibility index (Phi) is 4.31. The minimum atomic E-state index is 0.0653. The van der Waals surface area contributed by atoms with Gasteiger partial charge < -0.3 is 4.90 Å². The van der Waals surface area contributed by atoms with E-state index in [2.05, 4.69) is 20.9 Å². The molecule has 0 spiro atoms. The first kappa shape index (κ1) is 13.0. The van der Waals surface area contributed by atoms with Crippen LogP contribution in [0.15, 0.2) is 36.5 Å². The zero-order chi connectivity index (χ0) is 13.0. The van der Waals surface area contributed by atoms with Gasteiger partial charge in [-0.3, -0.25) is 9.78 Å². The molecule has 0 N–H and O–H groups in total. The molecule has 4 heteroatoms. The summed E-state index contributed by atoms with van der Waals surface area (Å²) in [6.45, 7) is 3.41. The van der Waals surface area contributed by atoms with E-state index in [-0.39, 0.29) is 5.91 Å². The quantitative estimate of drug-likeness (QED) is 0.813. The average molecular weight is 307 g/mol. The van der Waals surface area contributed by atoms with Gasteiger partial charge in [-0.25, -0.2) is 0 Å². The lowest BCUT2D eigenvalue weighted by Crippen LogP contribution is -2.32. The van der Waals surface area contributed by atoms with Gasteiger partial charge in [-0.05, 0) is 19.1 Å². The van der Waals surface area contributed by atoms with Crippen LogP contribution in [-0.4, -0.2) is 34.2 Å². The molecule has 1 aromatic carbocycles. The molecule has 0 radical (unpaired) electrons. The lowest BCUT2D eigenvalue weighted by atomic mass is 10.1. The molecule has 94 valence electrons. The van der Waals surface area contributed by atoms with Crippen molar-refractivity contribution in [3.05, 3.63) is 42.1 Å². The molecule has 0 unspecified atom stereocenters. The van der Waals surface area contributed by atoms with Crippen LogP contribution in [0.1, 0.15) is 17.3 Å². The summed E-state index contributed by atoms with van der Waals surface area (Å²) in [7, 11) is 0. The second-order valence-electron chi connectivity index (χ2n) is 3.95. The molecule has 0 aliphatic rings. The second-order valence-corrected chi connectivity index (χ2v) is 4.74. The number of alkyl halides is 1. The number of aromatic nitrogens is 1. The molecular formula is C14H15BrN2O. The van der Waals surface area contributed by atoms with Crippen LogP contribution in [0.5, 0.6) is 0 Å². The third-order valence-electron chi connectivity index (χ3n) is 2.90. The van der Waals surface area contributed by atoms with Crippen molar-refractivity contribution in [1.29, 1.82) is 0 Å². The van der Waals surface area contributed by atoms with Gasteiger partial charge in [0.1, 0.15) is 0 Å². The fourth-order valence-electron chi connectivity index (χ4n) is 1.96. The second kappa shape index (κ2) is 5.96. The standard InChI is InChI=1S/C14H15BrN2O/c1-2-17(10-8-15)14(18)12-7-9-16-13-6-4-3-5-11(12)13/h3-7,9H,2,8,10H2,1H3. The monoisotopic (exact) mass is 306 g/mol. The van der Waals surface area contributed by atoms with Gasteiger partial charge in [0.2, 0.25) is 0 Å². The van der Waals surface area contributed by atoms with Gasteiger partial charge in [0, 0.05) is 30.0 Å². The van der Waals surface area contributed by atoms with Crippen molar-refractivity contribution in [2.24, 2.45) is 0 Å². The number of carbonyl (C=O) groups is 1. The molecule has 1 aromatic heterocycles. The van der Waals surface area contributed by atoms with Gasteiger partial charge in [-0.15, -0.1) is 0 Å². The van der Waals surface area contributed by atoms with E-state index in [9.17, 15) is 4.79 Å². The zero-order valence-electron chi connectivity index (χ0n) is 10.3. The Morgan fingerprint density at radius 2 is 2.11 bits per heavy atom. The fraction of sp³-hybridized carbons (Fsp3) is 0.286. The Morgan fingerprint density at radius 3 is 2.83 bits per heavy atom. The summed E-state index contributed by atoms with van der Waals surface area (Å²) in [4.78, 5) is 18.6. The van der Waals surface area contributed by atoms with Crippen LogP contribution in [0.25, 0.3) is 10.9 Å². The molecule has 2 rings (SSSR count). The topological polar surface area (TPSA) is 33.2 Å². The molecular weight excluding hydrogens is 292 g/mol. The van der Waals surface area contributed by atoms with E-state index in [1.807, 2.05) is 36.1 Å². The van der Waals surface area contributed by atoms with Crippen molar-refractivity contribution < 1.29 is 4.79 Å². The number of amides is 1. The van der Waals surface area contributed by atoms with Crippen LogP contribution in [0.2, 0.25) is 0 Å². The van der Waals surface area contributed by atoms with Crippen molar-refractivity contribution in [1.82, 2.24) is 9.88 Å². The summed E-state index contributed by atoms with van der Waals surface area (Å²) in [5.74, 6) is 0.0653. The highest BCUT2D eigenvalue weighted by atomic mass is 79.9. The lowest BCUT2D eigenvalue weighted by Gasteiger charge is -2.20. The van der Waals surface area contributed by atoms with Gasteiger partial charge in [-0.2, -0.15) is 0 Å². The van der Waals surface area contributed by atoms with E-state index >= 15 is 0 Å². The third kappa shape index (κ3) is 2.53. The molecule has 0 saturated heterocycles. The first-order valence-electron chi connectivity index (χ1n) is 5.97. The molecule has 0 bridgehead atoms. The molecule has 0 aliphatic carbocycles. The minimum Gasteiger partial charge on any atom is -0.338 e. The largest absolute Gasteiger partial charge is 0.338 e. The fourth-order valence-corrected chi connectivity index (χ4v) is 2.39. The van der Waals surface area contributed by atoms with Crippen molar-refractivity contribution in [3.8, 4) is 0 Å². The number of para-hydroxylation sites is 1. The van der Waals surface area contributed by atoms with Crippen LogP contribution >= 0.6 is 15.9 Å². The Hall–Kier alpha value is -1.42. The van der Waals surface area contributed by atoms with Gasteiger partial charge in [0.25, 0.3) is 5.91 Å². The van der Waals surface area contributed by atoms with Crippen molar-refractivity contribution in [3.63, 3.8) is 0 Å². The minimum absolute atomic E-state index is 0.0653. The van der Waals surface area contributed by atoms with E-state index < -0.39 is 0 Å². The van der Waals surface area contributed by atoms with Crippen LogP contribution in [0.4, 0.5) is 0 Å². The molecule has 2 aromatic rings. The van der Waals surface area contributed by atoms with E-state index in [1.165, 1.54) is 0 Å². The SMILES string of the molecule is CCN(CCBr)C(=O)c1ccnc2ccccc12. The third-order valence-corrected chi connectivity index (χ3v) is 3.26. The Bertz CT molecular complexity index is 551. The maximum Gasteiger partial charge on any atom is 0.254 e. The Balaban J connectivity index is 2.44. The normalized spacial score (nSPS) is 10.6. The highest BCUT2D eigenvalue weighted by Gasteiger charge is 2.16. The van der Waals surface area contributed by atoms with Crippen LogP contribution in [0, 0.1) is 0 Å². The number of pyridine rings is 1. The van der Waals surface area contributed by atoms with Crippen LogP contribution in [0.3, 0.4) is 0 Å². The Labute approximate surface area is 115 Å². The predicted molar refractivity (Wildman–Crippen MR) is 77.1 cm³/mol. The summed E-state index contributed by atoms with van der Waals surface area (Å²) >= 11 is 3.38. The number of carbonyl (C=O) groups excluding carboxylic acids is 1. The summed E-state index contributed by atoms with van der Waals surface area (Å²) in [6, 6.07) is 9.52. The van der Waals surface area contributed by atoms with Gasteiger partial charge in [0.15, 0.2) is 0 Å². The van der Waals surface area contributed by atoms with E-state index in [1.54, 1.807) is 12.3 Å². The molecule has 0 aliphatic heterocycles. The number of hydrogen-bond donors (Lipinski definition) is 0. The van der Waals surface area contributed by atoms with Crippen molar-refractivity contribution >= 4 is 32.7 Å². The first-order valence-corrected chi connectivity index (χ1v) is 7.09. The van der Waals surface area contributed by atoms with E-state index in [4.69, 9.17) is 0 Å². The number of halogens is 1. The summed E-state index contributed by atoms with van der Waals surface area (Å²) in [5, 5.41) is 1.70. The zero-order valence-corrected chi connectivity index (χ0v) is 11.9. The molecule has 0 saturated carbocycles. The number of fused-ring (bicyclic) bond motifs is 1. The maximum absolute atomic E-state index is 12.5. The molecule has 0 atom stereocenters. The lowest BCUT2D eigenvalue weighted by molar-refractivity contribution is 0.0777. The number of rotatable bonds is 4. The maximum atomic E-state index is 12.5. The number of hydrogen-bond acceptors (Lipinski definition) is 2. The first-order chi connectivity index (χ1) is 8.77. The number of benzene rings is 1. The summed E-state index contributed by atoms with van der Waals surface area (Å²) < 4.78 is 0. The molecule has 18 heavy (non-hydrogen) atoms. The highest BCUT2D eigenvalue weighted by Crippen LogP contribution is 2.17. The number of nitrogens with zero attached hydrogens (tertiary/aromatic N) is 2. The van der Waals surface area contributed by atoms with E-state index in [0.717, 1.165) is 21.8 Å². The Morgan fingerprint density at radius 1 is 1.33 bits per heavy atom. The summed E-state index contributed by atoms with van der Waals surface area (Å²) in [5.41, 5.74) is 1.58. The molecule has 0 fully saturated rings.